The van der Waals surface area contributed by atoms with E-state index in [0.29, 0.717) is 26.3 Å². The smallest absolute Gasteiger partial charge is 0.319 e. The molecule has 3 heterocycles. The van der Waals surface area contributed by atoms with Crippen LogP contribution < -0.4 is 5.32 Å². The number of hydrogen-bond acceptors (Lipinski definition) is 6. The Morgan fingerprint density at radius 1 is 1.27 bits per heavy atom. The molecule has 9 heteroatoms. The van der Waals surface area contributed by atoms with Crippen molar-refractivity contribution in [2.75, 3.05) is 45.7 Å². The summed E-state index contributed by atoms with van der Waals surface area (Å²) in [6.45, 7) is 4.53. The van der Waals surface area contributed by atoms with Gasteiger partial charge in [0.2, 0.25) is 0 Å². The van der Waals surface area contributed by atoms with Gasteiger partial charge in [-0.3, -0.25) is 0 Å². The van der Waals surface area contributed by atoms with Crippen molar-refractivity contribution in [3.05, 3.63) is 59.7 Å². The first kappa shape index (κ1) is 23.1. The van der Waals surface area contributed by atoms with Crippen molar-refractivity contribution in [2.45, 2.75) is 13.3 Å². The summed E-state index contributed by atoms with van der Waals surface area (Å²) < 4.78 is 18.9. The number of hydrogen-bond donors (Lipinski definition) is 1. The van der Waals surface area contributed by atoms with E-state index in [-0.39, 0.29) is 17.8 Å². The number of aromatic nitrogens is 2. The molecular formula is C24H28FN5O2S. The van der Waals surface area contributed by atoms with E-state index in [2.05, 4.69) is 22.2 Å². The van der Waals surface area contributed by atoms with Crippen LogP contribution in [0.2, 0.25) is 0 Å². The van der Waals surface area contributed by atoms with Crippen LogP contribution in [-0.2, 0) is 11.2 Å². The molecule has 0 bridgehead atoms. The van der Waals surface area contributed by atoms with Gasteiger partial charge in [-0.25, -0.2) is 19.2 Å². The minimum absolute atomic E-state index is 0.0170. The van der Waals surface area contributed by atoms with Gasteiger partial charge in [0.25, 0.3) is 0 Å². The molecular weight excluding hydrogens is 441 g/mol. The fourth-order valence-corrected chi connectivity index (χ4v) is 4.66. The number of benzene rings is 1. The molecule has 1 fully saturated rings. The van der Waals surface area contributed by atoms with Gasteiger partial charge in [0.05, 0.1) is 18.1 Å². The van der Waals surface area contributed by atoms with Crippen LogP contribution in [0, 0.1) is 18.7 Å². The maximum atomic E-state index is 13.2. The minimum Gasteiger partial charge on any atom is -0.379 e. The summed E-state index contributed by atoms with van der Waals surface area (Å²) in [5, 5.41) is 3.99. The van der Waals surface area contributed by atoms with Gasteiger partial charge in [0, 0.05) is 45.5 Å². The van der Waals surface area contributed by atoms with E-state index >= 15 is 0 Å². The standard InChI is InChI=1S/C24H28FN5O2S/c1-16-10-22(28-23-27-13-21(33-23)18-4-6-20(25)7-5-18)26-12-19(16)11-17-14-30(8-9-32-15-17)24(31)29(2)3/h4-7,10,12-13,17H,8-9,11,14-15H2,1-3H3,(H,26,27,28). The van der Waals surface area contributed by atoms with Crippen molar-refractivity contribution in [3.8, 4) is 10.4 Å². The van der Waals surface area contributed by atoms with Crippen molar-refractivity contribution < 1.29 is 13.9 Å². The number of nitrogens with one attached hydrogen (secondary N) is 1. The van der Waals surface area contributed by atoms with Crippen LogP contribution in [-0.4, -0.2) is 66.2 Å². The van der Waals surface area contributed by atoms with Crippen LogP contribution in [0.15, 0.2) is 42.7 Å². The van der Waals surface area contributed by atoms with E-state index < -0.39 is 0 Å². The van der Waals surface area contributed by atoms with Crippen molar-refractivity contribution in [1.29, 1.82) is 0 Å². The molecule has 33 heavy (non-hydrogen) atoms. The van der Waals surface area contributed by atoms with Crippen molar-refractivity contribution in [1.82, 2.24) is 19.8 Å². The molecule has 0 aliphatic carbocycles. The van der Waals surface area contributed by atoms with Crippen LogP contribution in [0.25, 0.3) is 10.4 Å². The van der Waals surface area contributed by atoms with Gasteiger partial charge >= 0.3 is 6.03 Å². The van der Waals surface area contributed by atoms with Crippen molar-refractivity contribution >= 4 is 28.3 Å². The number of halogens is 1. The first-order valence-electron chi connectivity index (χ1n) is 10.9. The number of aryl methyl sites for hydroxylation is 1. The van der Waals surface area contributed by atoms with Crippen LogP contribution in [0.1, 0.15) is 11.1 Å². The maximum absolute atomic E-state index is 13.2. The van der Waals surface area contributed by atoms with Gasteiger partial charge in [0.1, 0.15) is 11.6 Å². The first-order chi connectivity index (χ1) is 15.9. The lowest BCUT2D eigenvalue weighted by Crippen LogP contribution is -2.42. The average molecular weight is 470 g/mol. The van der Waals surface area contributed by atoms with Gasteiger partial charge in [-0.2, -0.15) is 0 Å². The second-order valence-electron chi connectivity index (χ2n) is 8.43. The Hall–Kier alpha value is -3.04. The zero-order valence-electron chi connectivity index (χ0n) is 19.0. The molecule has 1 aliphatic rings. The predicted molar refractivity (Wildman–Crippen MR) is 128 cm³/mol. The van der Waals surface area contributed by atoms with E-state index in [1.807, 2.05) is 17.2 Å². The highest BCUT2D eigenvalue weighted by molar-refractivity contribution is 7.18. The van der Waals surface area contributed by atoms with Crippen molar-refractivity contribution in [3.63, 3.8) is 0 Å². The van der Waals surface area contributed by atoms with Crippen LogP contribution in [0.3, 0.4) is 0 Å². The summed E-state index contributed by atoms with van der Waals surface area (Å²) in [5.41, 5.74) is 3.19. The van der Waals surface area contributed by atoms with Crippen LogP contribution >= 0.6 is 11.3 Å². The largest absolute Gasteiger partial charge is 0.379 e. The average Bonchev–Trinajstić information content (AvgIpc) is 3.12. The molecule has 1 aromatic carbocycles. The number of thiazole rings is 1. The third-order valence-corrected chi connectivity index (χ3v) is 6.55. The number of anilines is 2. The van der Waals surface area contributed by atoms with E-state index in [9.17, 15) is 9.18 Å². The zero-order chi connectivity index (χ0) is 23.4. The fraction of sp³-hybridized carbons (Fsp3) is 0.375. The second-order valence-corrected chi connectivity index (χ2v) is 9.46. The topological polar surface area (TPSA) is 70.6 Å². The zero-order valence-corrected chi connectivity index (χ0v) is 19.9. The first-order valence-corrected chi connectivity index (χ1v) is 11.7. The van der Waals surface area contributed by atoms with E-state index in [1.165, 1.54) is 23.5 Å². The predicted octanol–water partition coefficient (Wildman–Crippen LogP) is 4.57. The molecule has 1 N–H and O–H groups in total. The lowest BCUT2D eigenvalue weighted by atomic mass is 9.97. The highest BCUT2D eigenvalue weighted by atomic mass is 32.1. The monoisotopic (exact) mass is 469 g/mol. The Balaban J connectivity index is 1.41. The van der Waals surface area contributed by atoms with E-state index in [4.69, 9.17) is 4.74 Å². The summed E-state index contributed by atoms with van der Waals surface area (Å²) in [7, 11) is 3.54. The summed E-state index contributed by atoms with van der Waals surface area (Å²) in [4.78, 5) is 25.8. The SMILES string of the molecule is Cc1cc(Nc2ncc(-c3ccc(F)cc3)s2)ncc1CC1COCCN(C(=O)N(C)C)C1. The number of ether oxygens (including phenoxy) is 1. The highest BCUT2D eigenvalue weighted by Gasteiger charge is 2.24. The molecule has 0 spiro atoms. The molecule has 1 unspecified atom stereocenters. The molecule has 0 radical (unpaired) electrons. The van der Waals surface area contributed by atoms with E-state index in [1.54, 1.807) is 37.3 Å². The summed E-state index contributed by atoms with van der Waals surface area (Å²) in [6, 6.07) is 8.40. The summed E-state index contributed by atoms with van der Waals surface area (Å²) in [5.74, 6) is 0.680. The van der Waals surface area contributed by atoms with E-state index in [0.717, 1.165) is 38.9 Å². The summed E-state index contributed by atoms with van der Waals surface area (Å²) in [6.07, 6.45) is 4.45. The molecule has 1 atom stereocenters. The molecule has 0 saturated carbocycles. The van der Waals surface area contributed by atoms with Crippen LogP contribution in [0.5, 0.6) is 0 Å². The lowest BCUT2D eigenvalue weighted by molar-refractivity contribution is 0.121. The Bertz CT molecular complexity index is 1100. The Kier molecular flexibility index (Phi) is 7.20. The third-order valence-electron chi connectivity index (χ3n) is 5.59. The Labute approximate surface area is 197 Å². The molecule has 1 aliphatic heterocycles. The normalized spacial score (nSPS) is 16.4. The Morgan fingerprint density at radius 2 is 2.06 bits per heavy atom. The van der Waals surface area contributed by atoms with Crippen molar-refractivity contribution in [2.24, 2.45) is 5.92 Å². The van der Waals surface area contributed by atoms with Gasteiger partial charge in [-0.1, -0.05) is 23.5 Å². The molecule has 2 amide bonds. The molecule has 174 valence electrons. The third kappa shape index (κ3) is 5.85. The highest BCUT2D eigenvalue weighted by Crippen LogP contribution is 2.30. The van der Waals surface area contributed by atoms with Gasteiger partial charge < -0.3 is 19.9 Å². The fourth-order valence-electron chi connectivity index (χ4n) is 3.83. The molecule has 4 rings (SSSR count). The number of nitrogens with zero attached hydrogens (tertiary/aromatic N) is 4. The lowest BCUT2D eigenvalue weighted by Gasteiger charge is -2.26. The van der Waals surface area contributed by atoms with Gasteiger partial charge in [0.15, 0.2) is 5.13 Å². The van der Waals surface area contributed by atoms with Gasteiger partial charge in [-0.05, 0) is 48.2 Å². The van der Waals surface area contributed by atoms with Gasteiger partial charge in [-0.15, -0.1) is 0 Å². The minimum atomic E-state index is -0.256. The van der Waals surface area contributed by atoms with Crippen LogP contribution in [0.4, 0.5) is 20.1 Å². The second kappa shape index (κ2) is 10.3. The molecule has 7 nitrogen and oxygen atoms in total. The number of urea groups is 1. The number of carbonyl (C=O) groups excluding carboxylic acids is 1. The quantitative estimate of drug-likeness (QED) is 0.593. The Morgan fingerprint density at radius 3 is 2.79 bits per heavy atom. The maximum Gasteiger partial charge on any atom is 0.319 e. The molecule has 1 saturated heterocycles. The number of carbonyl (C=O) groups is 1. The molecule has 2 aromatic heterocycles. The number of pyridine rings is 1. The molecule has 3 aromatic rings. The number of amides is 2. The number of rotatable bonds is 5. The summed E-state index contributed by atoms with van der Waals surface area (Å²) >= 11 is 1.49.